The fourth-order valence-electron chi connectivity index (χ4n) is 1.78. The van der Waals surface area contributed by atoms with Crippen molar-refractivity contribution in [3.8, 4) is 0 Å². The second-order valence-corrected chi connectivity index (χ2v) is 4.06. The molecule has 1 N–H and O–H groups in total. The summed E-state index contributed by atoms with van der Waals surface area (Å²) in [4.78, 5) is 14.0. The summed E-state index contributed by atoms with van der Waals surface area (Å²) in [5.74, 6) is 1.28. The van der Waals surface area contributed by atoms with E-state index in [4.69, 9.17) is 0 Å². The first kappa shape index (κ1) is 12.0. The zero-order valence-electron chi connectivity index (χ0n) is 10.3. The lowest BCUT2D eigenvalue weighted by molar-refractivity contribution is -0.385. The minimum atomic E-state index is -0.483. The standard InChI is InChI=1S/C12H10N6O2/c19-18(20)9-4-5-10(13-7-9)14-8-12-16-15-11-3-1-2-6-17(11)12/h1-7H,8H2,(H,13,14). The van der Waals surface area contributed by atoms with Crippen molar-refractivity contribution in [3.05, 3.63) is 58.7 Å². The predicted molar refractivity (Wildman–Crippen MR) is 71.2 cm³/mol. The van der Waals surface area contributed by atoms with E-state index in [1.165, 1.54) is 12.3 Å². The highest BCUT2D eigenvalue weighted by Crippen LogP contribution is 2.12. The van der Waals surface area contributed by atoms with E-state index in [2.05, 4.69) is 20.5 Å². The van der Waals surface area contributed by atoms with Crippen LogP contribution in [-0.4, -0.2) is 24.5 Å². The van der Waals surface area contributed by atoms with E-state index in [1.54, 1.807) is 6.07 Å². The number of rotatable bonds is 4. The molecule has 0 fully saturated rings. The Bertz CT molecular complexity index is 752. The molecule has 100 valence electrons. The van der Waals surface area contributed by atoms with Crippen molar-refractivity contribution in [3.63, 3.8) is 0 Å². The van der Waals surface area contributed by atoms with Gasteiger partial charge in [0.15, 0.2) is 11.5 Å². The molecule has 0 aromatic carbocycles. The summed E-state index contributed by atoms with van der Waals surface area (Å²) >= 11 is 0. The summed E-state index contributed by atoms with van der Waals surface area (Å²) in [6.45, 7) is 0.427. The van der Waals surface area contributed by atoms with Crippen molar-refractivity contribution < 1.29 is 4.92 Å². The van der Waals surface area contributed by atoms with Crippen LogP contribution in [0.15, 0.2) is 42.7 Å². The Morgan fingerprint density at radius 3 is 2.90 bits per heavy atom. The van der Waals surface area contributed by atoms with Gasteiger partial charge in [0.05, 0.1) is 11.5 Å². The Morgan fingerprint density at radius 1 is 1.25 bits per heavy atom. The molecule has 0 saturated carbocycles. The molecule has 0 radical (unpaired) electrons. The van der Waals surface area contributed by atoms with Gasteiger partial charge in [0.1, 0.15) is 12.0 Å². The molecule has 0 spiro atoms. The van der Waals surface area contributed by atoms with Gasteiger partial charge in [-0.15, -0.1) is 10.2 Å². The SMILES string of the molecule is O=[N+]([O-])c1ccc(NCc2nnc3ccccn23)nc1. The molecule has 3 rings (SSSR count). The third kappa shape index (κ3) is 2.26. The number of pyridine rings is 2. The maximum absolute atomic E-state index is 10.5. The quantitative estimate of drug-likeness (QED) is 0.571. The van der Waals surface area contributed by atoms with E-state index in [-0.39, 0.29) is 5.69 Å². The van der Waals surface area contributed by atoms with E-state index in [9.17, 15) is 10.1 Å². The van der Waals surface area contributed by atoms with Crippen LogP contribution in [0.3, 0.4) is 0 Å². The zero-order chi connectivity index (χ0) is 13.9. The van der Waals surface area contributed by atoms with Crippen molar-refractivity contribution in [1.82, 2.24) is 19.6 Å². The number of nitrogens with zero attached hydrogens (tertiary/aromatic N) is 5. The molecular formula is C12H10N6O2. The maximum Gasteiger partial charge on any atom is 0.287 e. The van der Waals surface area contributed by atoms with Crippen LogP contribution in [0.4, 0.5) is 11.5 Å². The highest BCUT2D eigenvalue weighted by Gasteiger charge is 2.07. The lowest BCUT2D eigenvalue weighted by atomic mass is 10.4. The summed E-state index contributed by atoms with van der Waals surface area (Å²) in [6.07, 6.45) is 3.08. The van der Waals surface area contributed by atoms with E-state index < -0.39 is 4.92 Å². The molecule has 20 heavy (non-hydrogen) atoms. The summed E-state index contributed by atoms with van der Waals surface area (Å²) in [5.41, 5.74) is 0.726. The maximum atomic E-state index is 10.5. The molecule has 0 bridgehead atoms. The zero-order valence-corrected chi connectivity index (χ0v) is 10.3. The van der Waals surface area contributed by atoms with Gasteiger partial charge in [0, 0.05) is 12.3 Å². The molecule has 0 amide bonds. The summed E-state index contributed by atoms with van der Waals surface area (Å²) in [5, 5.41) is 21.7. The molecule has 0 aliphatic heterocycles. The first-order valence-corrected chi connectivity index (χ1v) is 5.87. The van der Waals surface area contributed by atoms with Crippen LogP contribution < -0.4 is 5.32 Å². The average molecular weight is 270 g/mol. The molecule has 0 saturated heterocycles. The van der Waals surface area contributed by atoms with Gasteiger partial charge in [0.2, 0.25) is 0 Å². The van der Waals surface area contributed by atoms with Gasteiger partial charge in [-0.3, -0.25) is 14.5 Å². The number of hydrogen-bond donors (Lipinski definition) is 1. The second-order valence-electron chi connectivity index (χ2n) is 4.06. The Morgan fingerprint density at radius 2 is 2.15 bits per heavy atom. The van der Waals surface area contributed by atoms with Crippen LogP contribution in [0.25, 0.3) is 5.65 Å². The van der Waals surface area contributed by atoms with Crippen LogP contribution in [0.5, 0.6) is 0 Å². The van der Waals surface area contributed by atoms with Gasteiger partial charge in [-0.2, -0.15) is 0 Å². The Hall–Kier alpha value is -3.03. The first-order valence-electron chi connectivity index (χ1n) is 5.87. The van der Waals surface area contributed by atoms with E-state index in [1.807, 2.05) is 28.8 Å². The van der Waals surface area contributed by atoms with Crippen LogP contribution in [0, 0.1) is 10.1 Å². The van der Waals surface area contributed by atoms with E-state index >= 15 is 0 Å². The summed E-state index contributed by atoms with van der Waals surface area (Å²) < 4.78 is 1.86. The van der Waals surface area contributed by atoms with Gasteiger partial charge in [0.25, 0.3) is 5.69 Å². The van der Waals surface area contributed by atoms with Gasteiger partial charge in [-0.25, -0.2) is 4.98 Å². The highest BCUT2D eigenvalue weighted by atomic mass is 16.6. The molecular weight excluding hydrogens is 260 g/mol. The average Bonchev–Trinajstić information content (AvgIpc) is 2.89. The fourth-order valence-corrected chi connectivity index (χ4v) is 1.78. The molecule has 0 aliphatic carbocycles. The van der Waals surface area contributed by atoms with E-state index in [0.29, 0.717) is 12.4 Å². The normalized spacial score (nSPS) is 10.6. The van der Waals surface area contributed by atoms with Crippen molar-refractivity contribution in [2.45, 2.75) is 6.54 Å². The van der Waals surface area contributed by atoms with Crippen LogP contribution in [0.1, 0.15) is 5.82 Å². The van der Waals surface area contributed by atoms with Crippen molar-refractivity contribution in [2.75, 3.05) is 5.32 Å². The fraction of sp³-hybridized carbons (Fsp3) is 0.0833. The molecule has 3 aromatic rings. The minimum Gasteiger partial charge on any atom is -0.363 e. The Labute approximate surface area is 113 Å². The molecule has 0 atom stereocenters. The molecule has 0 aliphatic rings. The van der Waals surface area contributed by atoms with E-state index in [0.717, 1.165) is 11.5 Å². The monoisotopic (exact) mass is 270 g/mol. The van der Waals surface area contributed by atoms with Crippen LogP contribution in [0.2, 0.25) is 0 Å². The Balaban J connectivity index is 1.74. The molecule has 3 heterocycles. The highest BCUT2D eigenvalue weighted by molar-refractivity contribution is 5.41. The molecule has 8 heteroatoms. The van der Waals surface area contributed by atoms with Crippen molar-refractivity contribution in [2.24, 2.45) is 0 Å². The Kier molecular flexibility index (Phi) is 2.96. The minimum absolute atomic E-state index is 0.0384. The molecule has 3 aromatic heterocycles. The van der Waals surface area contributed by atoms with Crippen molar-refractivity contribution >= 4 is 17.2 Å². The third-order valence-corrected chi connectivity index (χ3v) is 2.77. The number of anilines is 1. The second kappa shape index (κ2) is 4.92. The largest absolute Gasteiger partial charge is 0.363 e. The topological polar surface area (TPSA) is 98.2 Å². The number of fused-ring (bicyclic) bond motifs is 1. The lowest BCUT2D eigenvalue weighted by Gasteiger charge is -2.03. The summed E-state index contributed by atoms with van der Waals surface area (Å²) in [6, 6.07) is 8.60. The van der Waals surface area contributed by atoms with Gasteiger partial charge >= 0.3 is 0 Å². The first-order chi connectivity index (χ1) is 9.74. The van der Waals surface area contributed by atoms with Crippen molar-refractivity contribution in [1.29, 1.82) is 0 Å². The number of nitrogens with one attached hydrogen (secondary N) is 1. The van der Waals surface area contributed by atoms with Crippen LogP contribution >= 0.6 is 0 Å². The summed E-state index contributed by atoms with van der Waals surface area (Å²) in [7, 11) is 0. The molecule has 8 nitrogen and oxygen atoms in total. The third-order valence-electron chi connectivity index (χ3n) is 2.77. The number of nitro groups is 1. The number of hydrogen-bond acceptors (Lipinski definition) is 6. The lowest BCUT2D eigenvalue weighted by Crippen LogP contribution is -2.05. The van der Waals surface area contributed by atoms with Crippen LogP contribution in [-0.2, 0) is 6.54 Å². The smallest absolute Gasteiger partial charge is 0.287 e. The van der Waals surface area contributed by atoms with Gasteiger partial charge < -0.3 is 5.32 Å². The van der Waals surface area contributed by atoms with Gasteiger partial charge in [-0.05, 0) is 18.2 Å². The predicted octanol–water partition coefficient (Wildman–Crippen LogP) is 1.64. The number of aromatic nitrogens is 4. The molecule has 0 unspecified atom stereocenters. The van der Waals surface area contributed by atoms with Gasteiger partial charge in [-0.1, -0.05) is 6.07 Å².